The second-order valence-electron chi connectivity index (χ2n) is 6.80. The van der Waals surface area contributed by atoms with Crippen molar-refractivity contribution in [3.63, 3.8) is 0 Å². The summed E-state index contributed by atoms with van der Waals surface area (Å²) in [5.41, 5.74) is 3.55. The third-order valence-electron chi connectivity index (χ3n) is 5.07. The van der Waals surface area contributed by atoms with Crippen LogP contribution in [-0.4, -0.2) is 21.5 Å². The van der Waals surface area contributed by atoms with Crippen molar-refractivity contribution in [2.24, 2.45) is 0 Å². The molecule has 0 saturated heterocycles. The Morgan fingerprint density at radius 3 is 2.36 bits per heavy atom. The van der Waals surface area contributed by atoms with E-state index < -0.39 is 10.0 Å². The molecule has 1 aliphatic rings. The molecule has 3 aromatic carbocycles. The zero-order valence-corrected chi connectivity index (χ0v) is 16.8. The molecule has 0 amide bonds. The van der Waals surface area contributed by atoms with Crippen molar-refractivity contribution in [3.8, 4) is 0 Å². The molecule has 1 N–H and O–H groups in total. The van der Waals surface area contributed by atoms with Crippen LogP contribution >= 0.6 is 11.6 Å². The zero-order valence-electron chi connectivity index (χ0n) is 15.3. The van der Waals surface area contributed by atoms with E-state index in [1.807, 2.05) is 42.5 Å². The quantitative estimate of drug-likeness (QED) is 0.651. The molecule has 0 aromatic heterocycles. The molecule has 144 valence electrons. The maximum absolute atomic E-state index is 12.8. The Morgan fingerprint density at radius 1 is 0.929 bits per heavy atom. The predicted molar refractivity (Wildman–Crippen MR) is 113 cm³/mol. The van der Waals surface area contributed by atoms with Gasteiger partial charge in [0.05, 0.1) is 10.9 Å². The number of fused-ring (bicyclic) bond motifs is 1. The third-order valence-corrected chi connectivity index (χ3v) is 6.77. The van der Waals surface area contributed by atoms with Gasteiger partial charge in [0, 0.05) is 23.8 Å². The number of halogens is 1. The zero-order chi connectivity index (χ0) is 19.6. The molecular formula is C22H21ClN2O2S. The van der Waals surface area contributed by atoms with Gasteiger partial charge in [-0.2, -0.15) is 0 Å². The monoisotopic (exact) mass is 412 g/mol. The first-order valence-corrected chi connectivity index (χ1v) is 11.1. The summed E-state index contributed by atoms with van der Waals surface area (Å²) in [4.78, 5) is 2.50. The molecule has 0 bridgehead atoms. The van der Waals surface area contributed by atoms with Gasteiger partial charge in [0.1, 0.15) is 0 Å². The number of nitrogens with one attached hydrogen (secondary N) is 1. The Balaban J connectivity index is 1.61. The number of hydrogen-bond acceptors (Lipinski definition) is 3. The third kappa shape index (κ3) is 3.92. The van der Waals surface area contributed by atoms with Crippen LogP contribution < -0.4 is 9.62 Å². The minimum absolute atomic E-state index is 0.0908. The molecule has 4 rings (SSSR count). The predicted octanol–water partition coefficient (Wildman–Crippen LogP) is 4.42. The van der Waals surface area contributed by atoms with Gasteiger partial charge in [0.25, 0.3) is 0 Å². The van der Waals surface area contributed by atoms with Crippen molar-refractivity contribution < 1.29 is 8.42 Å². The lowest BCUT2D eigenvalue weighted by Crippen LogP contribution is -2.37. The van der Waals surface area contributed by atoms with E-state index in [0.717, 1.165) is 18.5 Å². The fraction of sp³-hybridized carbons (Fsp3) is 0.182. The lowest BCUT2D eigenvalue weighted by atomic mass is 10.1. The highest BCUT2D eigenvalue weighted by Crippen LogP contribution is 2.35. The van der Waals surface area contributed by atoms with E-state index in [1.54, 1.807) is 12.1 Å². The first kappa shape index (κ1) is 19.0. The van der Waals surface area contributed by atoms with E-state index in [1.165, 1.54) is 23.4 Å². The molecule has 0 radical (unpaired) electrons. The van der Waals surface area contributed by atoms with Gasteiger partial charge in [-0.1, -0.05) is 60.1 Å². The Labute approximate surface area is 170 Å². The van der Waals surface area contributed by atoms with Gasteiger partial charge in [0.2, 0.25) is 10.0 Å². The van der Waals surface area contributed by atoms with E-state index in [-0.39, 0.29) is 17.5 Å². The number of nitrogens with zero attached hydrogens (tertiary/aromatic N) is 1. The molecule has 0 spiro atoms. The summed E-state index contributed by atoms with van der Waals surface area (Å²) in [5.74, 6) is 0. The normalized spacial score (nSPS) is 14.7. The number of anilines is 1. The number of para-hydroxylation sites is 1. The molecule has 28 heavy (non-hydrogen) atoms. The van der Waals surface area contributed by atoms with Gasteiger partial charge in [-0.15, -0.1) is 0 Å². The second kappa shape index (κ2) is 7.95. The summed E-state index contributed by atoms with van der Waals surface area (Å²) in [6.45, 7) is 1.14. The van der Waals surface area contributed by atoms with Crippen LogP contribution in [0.5, 0.6) is 0 Å². The lowest BCUT2D eigenvalue weighted by molar-refractivity contribution is 0.563. The molecule has 6 heteroatoms. The summed E-state index contributed by atoms with van der Waals surface area (Å²) in [7, 11) is -3.62. The summed E-state index contributed by atoms with van der Waals surface area (Å²) < 4.78 is 28.3. The maximum atomic E-state index is 12.8. The Hall–Kier alpha value is -2.34. The highest BCUT2D eigenvalue weighted by Gasteiger charge is 2.28. The van der Waals surface area contributed by atoms with Crippen molar-refractivity contribution in [3.05, 3.63) is 95.0 Å². The Morgan fingerprint density at radius 2 is 1.61 bits per heavy atom. The van der Waals surface area contributed by atoms with E-state index in [0.29, 0.717) is 5.02 Å². The van der Waals surface area contributed by atoms with Gasteiger partial charge in [0.15, 0.2) is 0 Å². The number of hydrogen-bond donors (Lipinski definition) is 1. The van der Waals surface area contributed by atoms with Crippen LogP contribution in [0.25, 0.3) is 0 Å². The minimum Gasteiger partial charge on any atom is -0.363 e. The molecule has 4 nitrogen and oxygen atoms in total. The van der Waals surface area contributed by atoms with E-state index in [9.17, 15) is 8.42 Å². The second-order valence-corrected chi connectivity index (χ2v) is 9.01. The van der Waals surface area contributed by atoms with E-state index in [2.05, 4.69) is 21.8 Å². The molecule has 1 heterocycles. The Bertz CT molecular complexity index is 1050. The summed E-state index contributed by atoms with van der Waals surface area (Å²) in [5, 5.41) is 0.509. The van der Waals surface area contributed by atoms with Crippen LogP contribution in [0.1, 0.15) is 17.2 Å². The van der Waals surface area contributed by atoms with Crippen molar-refractivity contribution >= 4 is 27.3 Å². The van der Waals surface area contributed by atoms with E-state index in [4.69, 9.17) is 11.6 Å². The average Bonchev–Trinajstić information content (AvgIpc) is 3.13. The standard InChI is InChI=1S/C22H21ClN2O2S/c23-19-10-12-20(13-11-19)28(26,27)24-16-22(17-6-2-1-3-7-17)25-15-14-18-8-4-5-9-21(18)25/h1-13,22,24H,14-16H2/t22-/m1/s1. The first-order valence-electron chi connectivity index (χ1n) is 9.19. The van der Waals surface area contributed by atoms with E-state index >= 15 is 0 Å². The summed E-state index contributed by atoms with van der Waals surface area (Å²) in [6, 6.07) is 24.5. The Kier molecular flexibility index (Phi) is 5.40. The van der Waals surface area contributed by atoms with Crippen LogP contribution in [0.2, 0.25) is 5.02 Å². The molecular weight excluding hydrogens is 392 g/mol. The van der Waals surface area contributed by atoms with Crippen LogP contribution in [0, 0.1) is 0 Å². The molecule has 0 unspecified atom stereocenters. The average molecular weight is 413 g/mol. The highest BCUT2D eigenvalue weighted by molar-refractivity contribution is 7.89. The van der Waals surface area contributed by atoms with Crippen molar-refractivity contribution in [1.82, 2.24) is 4.72 Å². The molecule has 1 aliphatic heterocycles. The molecule has 0 aliphatic carbocycles. The van der Waals surface area contributed by atoms with Crippen LogP contribution in [-0.2, 0) is 16.4 Å². The smallest absolute Gasteiger partial charge is 0.240 e. The van der Waals surface area contributed by atoms with Gasteiger partial charge < -0.3 is 4.90 Å². The lowest BCUT2D eigenvalue weighted by Gasteiger charge is -2.31. The van der Waals surface area contributed by atoms with Crippen molar-refractivity contribution in [2.75, 3.05) is 18.0 Å². The molecule has 0 saturated carbocycles. The largest absolute Gasteiger partial charge is 0.363 e. The first-order chi connectivity index (χ1) is 13.5. The number of rotatable bonds is 6. The van der Waals surface area contributed by atoms with Gasteiger partial charge in [-0.05, 0) is 47.9 Å². The summed E-state index contributed by atoms with van der Waals surface area (Å²) >= 11 is 5.88. The molecule has 3 aromatic rings. The fourth-order valence-corrected chi connectivity index (χ4v) is 4.82. The van der Waals surface area contributed by atoms with Crippen molar-refractivity contribution in [2.45, 2.75) is 17.4 Å². The fourth-order valence-electron chi connectivity index (χ4n) is 3.66. The van der Waals surface area contributed by atoms with Gasteiger partial charge >= 0.3 is 0 Å². The van der Waals surface area contributed by atoms with Crippen LogP contribution in [0.3, 0.4) is 0 Å². The topological polar surface area (TPSA) is 49.4 Å². The number of benzene rings is 3. The van der Waals surface area contributed by atoms with Crippen LogP contribution in [0.15, 0.2) is 83.8 Å². The number of sulfonamides is 1. The minimum atomic E-state index is -3.62. The highest BCUT2D eigenvalue weighted by atomic mass is 35.5. The molecule has 1 atom stereocenters. The van der Waals surface area contributed by atoms with Crippen LogP contribution in [0.4, 0.5) is 5.69 Å². The summed E-state index contributed by atoms with van der Waals surface area (Å²) in [6.07, 6.45) is 0.962. The maximum Gasteiger partial charge on any atom is 0.240 e. The van der Waals surface area contributed by atoms with Gasteiger partial charge in [-0.3, -0.25) is 0 Å². The van der Waals surface area contributed by atoms with Crippen molar-refractivity contribution in [1.29, 1.82) is 0 Å². The SMILES string of the molecule is O=S(=O)(NC[C@H](c1ccccc1)N1CCc2ccccc21)c1ccc(Cl)cc1. The molecule has 0 fully saturated rings. The van der Waals surface area contributed by atoms with Gasteiger partial charge in [-0.25, -0.2) is 13.1 Å².